The van der Waals surface area contributed by atoms with Crippen molar-refractivity contribution < 1.29 is 9.53 Å². The van der Waals surface area contributed by atoms with E-state index in [1.165, 1.54) is 12.8 Å². The van der Waals surface area contributed by atoms with E-state index >= 15 is 0 Å². The first-order chi connectivity index (χ1) is 8.69. The minimum absolute atomic E-state index is 0.158. The number of halogens is 1. The maximum atomic E-state index is 11.3. The molecule has 1 unspecified atom stereocenters. The predicted octanol–water partition coefficient (Wildman–Crippen LogP) is 1.79. The maximum absolute atomic E-state index is 11.3. The number of ether oxygens (including phenoxy) is 1. The summed E-state index contributed by atoms with van der Waals surface area (Å²) in [5.41, 5.74) is 1.18. The fourth-order valence-corrected chi connectivity index (χ4v) is 2.54. The van der Waals surface area contributed by atoms with E-state index < -0.39 is 0 Å². The van der Waals surface area contributed by atoms with Gasteiger partial charge in [0, 0.05) is 35.8 Å². The van der Waals surface area contributed by atoms with Crippen molar-refractivity contribution in [3.8, 4) is 0 Å². The minimum Gasteiger partial charge on any atom is -0.469 e. The van der Waals surface area contributed by atoms with Gasteiger partial charge in [-0.05, 0) is 18.2 Å². The van der Waals surface area contributed by atoms with Crippen LogP contribution in [-0.2, 0) is 9.53 Å². The zero-order chi connectivity index (χ0) is 13.0. The van der Waals surface area contributed by atoms with Gasteiger partial charge in [-0.2, -0.15) is 0 Å². The monoisotopic (exact) mass is 312 g/mol. The van der Waals surface area contributed by atoms with Gasteiger partial charge in [-0.25, -0.2) is 0 Å². The topological polar surface area (TPSA) is 41.6 Å². The molecular weight excluding hydrogens is 296 g/mol. The molecule has 0 radical (unpaired) electrons. The molecule has 1 fully saturated rings. The lowest BCUT2D eigenvalue weighted by Crippen LogP contribution is -2.51. The number of nitrogens with one attached hydrogen (secondary N) is 1. The van der Waals surface area contributed by atoms with Crippen LogP contribution in [0.4, 0.5) is 5.69 Å². The molecule has 1 aliphatic rings. The molecule has 1 atom stereocenters. The molecule has 98 valence electrons. The second-order valence-electron chi connectivity index (χ2n) is 4.36. The van der Waals surface area contributed by atoms with Crippen LogP contribution in [0.15, 0.2) is 28.7 Å². The lowest BCUT2D eigenvalue weighted by Gasteiger charge is -2.35. The van der Waals surface area contributed by atoms with Crippen LogP contribution in [-0.4, -0.2) is 38.8 Å². The van der Waals surface area contributed by atoms with E-state index in [9.17, 15) is 4.79 Å². The first-order valence-corrected chi connectivity index (χ1v) is 6.79. The van der Waals surface area contributed by atoms with Crippen molar-refractivity contribution in [2.45, 2.75) is 12.5 Å². The quantitative estimate of drug-likeness (QED) is 0.864. The third-order valence-corrected chi connectivity index (χ3v) is 3.56. The molecule has 0 spiro atoms. The summed E-state index contributed by atoms with van der Waals surface area (Å²) in [6.07, 6.45) is 0.418. The van der Waals surface area contributed by atoms with E-state index in [1.807, 2.05) is 12.1 Å². The number of nitrogens with zero attached hydrogens (tertiary/aromatic N) is 1. The standard InChI is InChI=1S/C13H17BrN2O2/c1-18-13(17)8-11-9-16(6-5-15-11)12-4-2-3-10(14)7-12/h2-4,7,11,15H,5-6,8-9H2,1H3. The second-order valence-corrected chi connectivity index (χ2v) is 5.27. The Morgan fingerprint density at radius 1 is 1.61 bits per heavy atom. The van der Waals surface area contributed by atoms with Crippen molar-refractivity contribution in [1.82, 2.24) is 5.32 Å². The smallest absolute Gasteiger partial charge is 0.307 e. The summed E-state index contributed by atoms with van der Waals surface area (Å²) < 4.78 is 5.78. The number of piperazine rings is 1. The van der Waals surface area contributed by atoms with Crippen molar-refractivity contribution >= 4 is 27.6 Å². The summed E-state index contributed by atoms with van der Waals surface area (Å²) in [4.78, 5) is 13.6. The number of carbonyl (C=O) groups is 1. The molecule has 0 amide bonds. The molecule has 0 aromatic heterocycles. The number of esters is 1. The molecule has 1 aromatic rings. The van der Waals surface area contributed by atoms with Crippen molar-refractivity contribution in [2.24, 2.45) is 0 Å². The highest BCUT2D eigenvalue weighted by Crippen LogP contribution is 2.21. The lowest BCUT2D eigenvalue weighted by atomic mass is 10.1. The highest BCUT2D eigenvalue weighted by Gasteiger charge is 2.22. The molecule has 1 heterocycles. The highest BCUT2D eigenvalue weighted by atomic mass is 79.9. The van der Waals surface area contributed by atoms with Gasteiger partial charge >= 0.3 is 5.97 Å². The van der Waals surface area contributed by atoms with E-state index in [0.29, 0.717) is 6.42 Å². The largest absolute Gasteiger partial charge is 0.469 e. The van der Waals surface area contributed by atoms with Crippen LogP contribution in [0.2, 0.25) is 0 Å². The van der Waals surface area contributed by atoms with E-state index in [1.54, 1.807) is 0 Å². The molecule has 2 rings (SSSR count). The van der Waals surface area contributed by atoms with Crippen LogP contribution in [0.1, 0.15) is 6.42 Å². The molecule has 1 saturated heterocycles. The molecular formula is C13H17BrN2O2. The number of anilines is 1. The summed E-state index contributed by atoms with van der Waals surface area (Å²) in [5.74, 6) is -0.163. The fourth-order valence-electron chi connectivity index (χ4n) is 2.15. The third-order valence-electron chi connectivity index (χ3n) is 3.07. The molecule has 0 bridgehead atoms. The Kier molecular flexibility index (Phi) is 4.60. The zero-order valence-corrected chi connectivity index (χ0v) is 11.9. The highest BCUT2D eigenvalue weighted by molar-refractivity contribution is 9.10. The minimum atomic E-state index is -0.163. The number of carbonyl (C=O) groups excluding carboxylic acids is 1. The van der Waals surface area contributed by atoms with Crippen molar-refractivity contribution in [3.63, 3.8) is 0 Å². The molecule has 18 heavy (non-hydrogen) atoms. The van der Waals surface area contributed by atoms with E-state index in [-0.39, 0.29) is 12.0 Å². The Hall–Kier alpha value is -1.07. The van der Waals surface area contributed by atoms with Gasteiger partial charge in [0.25, 0.3) is 0 Å². The van der Waals surface area contributed by atoms with Gasteiger partial charge in [0.15, 0.2) is 0 Å². The maximum Gasteiger partial charge on any atom is 0.307 e. The van der Waals surface area contributed by atoms with Gasteiger partial charge in [0.1, 0.15) is 0 Å². The Labute approximate surface area is 115 Å². The molecule has 1 aromatic carbocycles. The summed E-state index contributed by atoms with van der Waals surface area (Å²) in [6.45, 7) is 2.66. The third kappa shape index (κ3) is 3.46. The van der Waals surface area contributed by atoms with Crippen LogP contribution in [0, 0.1) is 0 Å². The Morgan fingerprint density at radius 3 is 3.17 bits per heavy atom. The summed E-state index contributed by atoms with van der Waals surface area (Å²) >= 11 is 3.48. The van der Waals surface area contributed by atoms with Gasteiger partial charge in [0.05, 0.1) is 13.5 Å². The summed E-state index contributed by atoms with van der Waals surface area (Å²) in [5, 5.41) is 3.34. The number of methoxy groups -OCH3 is 1. The molecule has 1 aliphatic heterocycles. The number of hydrogen-bond acceptors (Lipinski definition) is 4. The van der Waals surface area contributed by atoms with Crippen molar-refractivity contribution in [2.75, 3.05) is 31.6 Å². The van der Waals surface area contributed by atoms with E-state index in [2.05, 4.69) is 38.3 Å². The molecule has 5 heteroatoms. The predicted molar refractivity (Wildman–Crippen MR) is 74.8 cm³/mol. The van der Waals surface area contributed by atoms with Gasteiger partial charge in [-0.1, -0.05) is 22.0 Å². The molecule has 0 saturated carbocycles. The summed E-state index contributed by atoms with van der Waals surface area (Å²) in [6, 6.07) is 8.38. The number of benzene rings is 1. The van der Waals surface area contributed by atoms with Gasteiger partial charge in [0.2, 0.25) is 0 Å². The zero-order valence-electron chi connectivity index (χ0n) is 10.4. The Morgan fingerprint density at radius 2 is 2.44 bits per heavy atom. The van der Waals surface area contributed by atoms with Crippen molar-refractivity contribution in [3.05, 3.63) is 28.7 Å². The van der Waals surface area contributed by atoms with E-state index in [0.717, 1.165) is 24.1 Å². The van der Waals surface area contributed by atoms with Crippen LogP contribution >= 0.6 is 15.9 Å². The second kappa shape index (κ2) is 6.20. The average Bonchev–Trinajstić information content (AvgIpc) is 2.39. The van der Waals surface area contributed by atoms with Crippen LogP contribution in [0.25, 0.3) is 0 Å². The van der Waals surface area contributed by atoms with Gasteiger partial charge in [-0.3, -0.25) is 4.79 Å². The lowest BCUT2D eigenvalue weighted by molar-refractivity contribution is -0.141. The SMILES string of the molecule is COC(=O)CC1CN(c2cccc(Br)c2)CCN1. The first kappa shape index (κ1) is 13.4. The van der Waals surface area contributed by atoms with Crippen LogP contribution < -0.4 is 10.2 Å². The average molecular weight is 313 g/mol. The van der Waals surface area contributed by atoms with Gasteiger partial charge in [-0.15, -0.1) is 0 Å². The number of rotatable bonds is 3. The van der Waals surface area contributed by atoms with Crippen molar-refractivity contribution in [1.29, 1.82) is 0 Å². The molecule has 4 nitrogen and oxygen atoms in total. The normalized spacial score (nSPS) is 19.7. The number of hydrogen-bond donors (Lipinski definition) is 1. The molecule has 0 aliphatic carbocycles. The van der Waals surface area contributed by atoms with Crippen LogP contribution in [0.3, 0.4) is 0 Å². The fraction of sp³-hybridized carbons (Fsp3) is 0.462. The first-order valence-electron chi connectivity index (χ1n) is 6.00. The Balaban J connectivity index is 2.00. The van der Waals surface area contributed by atoms with Crippen LogP contribution in [0.5, 0.6) is 0 Å². The Bertz CT molecular complexity index is 425. The van der Waals surface area contributed by atoms with Gasteiger partial charge < -0.3 is 15.0 Å². The van der Waals surface area contributed by atoms with E-state index in [4.69, 9.17) is 4.74 Å². The molecule has 1 N–H and O–H groups in total. The summed E-state index contributed by atoms with van der Waals surface area (Å²) in [7, 11) is 1.43.